The first-order chi connectivity index (χ1) is 14.0. The number of benzene rings is 1. The number of carbonyl (C=O) groups excluding carboxylic acids is 1. The van der Waals surface area contributed by atoms with Crippen LogP contribution in [0.3, 0.4) is 0 Å². The standard InChI is InChI=1S/C21H23F2N3OS2/c1-13(2)26-16-8-4-3-7-15(16)24-19(26)14-6-5-10-25(12-14)20(27)18-17(9-11-28-18)29-21(22)23/h3-4,7-9,11,13-14,21H,5-6,10,12H2,1-2H3. The van der Waals surface area contributed by atoms with Crippen LogP contribution in [0.5, 0.6) is 0 Å². The molecule has 3 heterocycles. The van der Waals surface area contributed by atoms with Crippen molar-refractivity contribution in [3.8, 4) is 0 Å². The second-order valence-electron chi connectivity index (χ2n) is 7.51. The highest BCUT2D eigenvalue weighted by atomic mass is 32.2. The Morgan fingerprint density at radius 1 is 1.28 bits per heavy atom. The van der Waals surface area contributed by atoms with Crippen LogP contribution in [-0.2, 0) is 0 Å². The number of hydrogen-bond acceptors (Lipinski definition) is 4. The molecule has 8 heteroatoms. The number of amides is 1. The van der Waals surface area contributed by atoms with Gasteiger partial charge in [0.1, 0.15) is 10.7 Å². The van der Waals surface area contributed by atoms with E-state index in [4.69, 9.17) is 4.98 Å². The zero-order valence-corrected chi connectivity index (χ0v) is 18.0. The van der Waals surface area contributed by atoms with Crippen LogP contribution in [0, 0.1) is 0 Å². The Morgan fingerprint density at radius 2 is 2.07 bits per heavy atom. The number of halogens is 2. The molecule has 1 fully saturated rings. The second kappa shape index (κ2) is 8.44. The Bertz CT molecular complexity index is 1010. The molecule has 0 spiro atoms. The van der Waals surface area contributed by atoms with Gasteiger partial charge in [-0.2, -0.15) is 8.78 Å². The minimum absolute atomic E-state index is 0.133. The van der Waals surface area contributed by atoms with Gasteiger partial charge in [0.25, 0.3) is 11.7 Å². The van der Waals surface area contributed by atoms with Crippen molar-refractivity contribution in [1.82, 2.24) is 14.5 Å². The van der Waals surface area contributed by atoms with Crippen molar-refractivity contribution >= 4 is 40.0 Å². The van der Waals surface area contributed by atoms with Gasteiger partial charge in [-0.25, -0.2) is 4.98 Å². The third-order valence-electron chi connectivity index (χ3n) is 5.25. The number of hydrogen-bond donors (Lipinski definition) is 0. The van der Waals surface area contributed by atoms with E-state index in [9.17, 15) is 13.6 Å². The van der Waals surface area contributed by atoms with Gasteiger partial charge in [0.15, 0.2) is 0 Å². The smallest absolute Gasteiger partial charge is 0.288 e. The van der Waals surface area contributed by atoms with Crippen LogP contribution in [0.25, 0.3) is 11.0 Å². The average Bonchev–Trinajstić information content (AvgIpc) is 3.31. The van der Waals surface area contributed by atoms with Crippen LogP contribution in [0.1, 0.15) is 54.1 Å². The summed E-state index contributed by atoms with van der Waals surface area (Å²) in [7, 11) is 0. The zero-order valence-electron chi connectivity index (χ0n) is 16.3. The van der Waals surface area contributed by atoms with Crippen molar-refractivity contribution in [3.05, 3.63) is 46.4 Å². The molecular formula is C21H23F2N3OS2. The monoisotopic (exact) mass is 435 g/mol. The van der Waals surface area contributed by atoms with Crippen molar-refractivity contribution in [2.75, 3.05) is 13.1 Å². The lowest BCUT2D eigenvalue weighted by Gasteiger charge is -2.33. The number of fused-ring (bicyclic) bond motifs is 1. The quantitative estimate of drug-likeness (QED) is 0.461. The van der Waals surface area contributed by atoms with Gasteiger partial charge in [-0.05, 0) is 50.3 Å². The van der Waals surface area contributed by atoms with Crippen molar-refractivity contribution in [1.29, 1.82) is 0 Å². The van der Waals surface area contributed by atoms with E-state index in [2.05, 4.69) is 24.5 Å². The lowest BCUT2D eigenvalue weighted by Crippen LogP contribution is -2.39. The maximum atomic E-state index is 13.1. The van der Waals surface area contributed by atoms with Crippen molar-refractivity contribution in [2.45, 2.75) is 49.3 Å². The number of nitrogens with zero attached hydrogens (tertiary/aromatic N) is 3. The molecule has 1 aliphatic heterocycles. The van der Waals surface area contributed by atoms with Crippen LogP contribution >= 0.6 is 23.1 Å². The number of thioether (sulfide) groups is 1. The topological polar surface area (TPSA) is 38.1 Å². The van der Waals surface area contributed by atoms with E-state index in [0.717, 1.165) is 29.7 Å². The van der Waals surface area contributed by atoms with Crippen molar-refractivity contribution in [3.63, 3.8) is 0 Å². The van der Waals surface area contributed by atoms with Gasteiger partial charge >= 0.3 is 0 Å². The maximum absolute atomic E-state index is 13.1. The number of piperidine rings is 1. The average molecular weight is 436 g/mol. The molecule has 3 aromatic rings. The summed E-state index contributed by atoms with van der Waals surface area (Å²) < 4.78 is 27.9. The Labute approximate surface area is 176 Å². The van der Waals surface area contributed by atoms with E-state index in [0.29, 0.717) is 34.6 Å². The van der Waals surface area contributed by atoms with E-state index in [1.165, 1.54) is 11.3 Å². The predicted molar refractivity (Wildman–Crippen MR) is 114 cm³/mol. The Balaban J connectivity index is 1.61. The first-order valence-electron chi connectivity index (χ1n) is 9.74. The molecule has 0 radical (unpaired) electrons. The number of alkyl halides is 2. The minimum atomic E-state index is -2.53. The lowest BCUT2D eigenvalue weighted by molar-refractivity contribution is 0.0705. The van der Waals surface area contributed by atoms with E-state index in [-0.39, 0.29) is 17.9 Å². The minimum Gasteiger partial charge on any atom is -0.337 e. The van der Waals surface area contributed by atoms with Crippen LogP contribution in [-0.4, -0.2) is 39.2 Å². The summed E-state index contributed by atoms with van der Waals surface area (Å²) >= 11 is 1.68. The number of imidazole rings is 1. The summed E-state index contributed by atoms with van der Waals surface area (Å²) in [4.78, 5) is 20.6. The molecule has 1 amide bonds. The highest BCUT2D eigenvalue weighted by Crippen LogP contribution is 2.35. The normalized spacial score (nSPS) is 17.6. The number of rotatable bonds is 5. The summed E-state index contributed by atoms with van der Waals surface area (Å²) in [6.45, 7) is 5.49. The second-order valence-corrected chi connectivity index (χ2v) is 9.45. The molecule has 1 aromatic carbocycles. The summed E-state index contributed by atoms with van der Waals surface area (Å²) in [6.07, 6.45) is 1.84. The number of thiophene rings is 1. The molecule has 0 aliphatic carbocycles. The Morgan fingerprint density at radius 3 is 2.83 bits per heavy atom. The fourth-order valence-corrected chi connectivity index (χ4v) is 5.71. The highest BCUT2D eigenvalue weighted by molar-refractivity contribution is 7.99. The van der Waals surface area contributed by atoms with Gasteiger partial charge in [-0.15, -0.1) is 11.3 Å². The number of likely N-dealkylation sites (tertiary alicyclic amines) is 1. The van der Waals surface area contributed by atoms with Crippen molar-refractivity contribution < 1.29 is 13.6 Å². The largest absolute Gasteiger partial charge is 0.337 e. The van der Waals surface area contributed by atoms with E-state index in [1.807, 2.05) is 18.2 Å². The fourth-order valence-electron chi connectivity index (χ4n) is 4.05. The SMILES string of the molecule is CC(C)n1c(C2CCCN(C(=O)c3sccc3SC(F)F)C2)nc2ccccc21. The predicted octanol–water partition coefficient (Wildman–Crippen LogP) is 6.01. The summed E-state index contributed by atoms with van der Waals surface area (Å²) in [5.41, 5.74) is 2.07. The van der Waals surface area contributed by atoms with Crippen LogP contribution < -0.4 is 0 Å². The molecule has 4 rings (SSSR count). The van der Waals surface area contributed by atoms with Crippen LogP contribution in [0.2, 0.25) is 0 Å². The molecule has 1 unspecified atom stereocenters. The van der Waals surface area contributed by atoms with Crippen molar-refractivity contribution in [2.24, 2.45) is 0 Å². The molecule has 29 heavy (non-hydrogen) atoms. The van der Waals surface area contributed by atoms with Gasteiger partial charge in [-0.3, -0.25) is 4.79 Å². The van der Waals surface area contributed by atoms with Gasteiger partial charge in [0.05, 0.1) is 11.0 Å². The van der Waals surface area contributed by atoms with Crippen LogP contribution in [0.15, 0.2) is 40.6 Å². The number of aromatic nitrogens is 2. The number of para-hydroxylation sites is 2. The van der Waals surface area contributed by atoms with Gasteiger partial charge in [0, 0.05) is 29.9 Å². The summed E-state index contributed by atoms with van der Waals surface area (Å²) in [5.74, 6) is -1.54. The first-order valence-corrected chi connectivity index (χ1v) is 11.5. The van der Waals surface area contributed by atoms with E-state index < -0.39 is 5.76 Å². The molecule has 0 N–H and O–H groups in total. The Hall–Kier alpha value is -1.93. The van der Waals surface area contributed by atoms with Gasteiger partial charge in [0.2, 0.25) is 0 Å². The summed E-state index contributed by atoms with van der Waals surface area (Å²) in [5, 5.41) is 1.71. The molecule has 4 nitrogen and oxygen atoms in total. The Kier molecular flexibility index (Phi) is 5.92. The van der Waals surface area contributed by atoms with Crippen LogP contribution in [0.4, 0.5) is 8.78 Å². The third-order valence-corrected chi connectivity index (χ3v) is 7.06. The molecule has 2 aromatic heterocycles. The molecule has 154 valence electrons. The van der Waals surface area contributed by atoms with Gasteiger partial charge < -0.3 is 9.47 Å². The number of carbonyl (C=O) groups is 1. The molecule has 1 saturated heterocycles. The zero-order chi connectivity index (χ0) is 20.5. The van der Waals surface area contributed by atoms with E-state index >= 15 is 0 Å². The third kappa shape index (κ3) is 4.05. The molecule has 0 bridgehead atoms. The summed E-state index contributed by atoms with van der Waals surface area (Å²) in [6, 6.07) is 9.96. The molecule has 1 atom stereocenters. The molecule has 1 aliphatic rings. The maximum Gasteiger partial charge on any atom is 0.288 e. The van der Waals surface area contributed by atoms with E-state index in [1.54, 1.807) is 16.3 Å². The fraction of sp³-hybridized carbons (Fsp3) is 0.429. The molecular weight excluding hydrogens is 412 g/mol. The molecule has 0 saturated carbocycles. The lowest BCUT2D eigenvalue weighted by atomic mass is 9.96. The first kappa shape index (κ1) is 20.3. The highest BCUT2D eigenvalue weighted by Gasteiger charge is 2.31. The van der Waals surface area contributed by atoms with Gasteiger partial charge in [-0.1, -0.05) is 23.9 Å².